The summed E-state index contributed by atoms with van der Waals surface area (Å²) in [6.45, 7) is 0. The lowest BCUT2D eigenvalue weighted by molar-refractivity contribution is 0.102. The third-order valence-corrected chi connectivity index (χ3v) is 1.84. The van der Waals surface area contributed by atoms with Gasteiger partial charge in [-0.1, -0.05) is 11.6 Å². The Morgan fingerprint density at radius 1 is 1.12 bits per heavy atom. The minimum Gasteiger partial charge on any atom is -0.289 e. The lowest BCUT2D eigenvalue weighted by atomic mass is 10.4. The molecule has 80 valence electrons. The van der Waals surface area contributed by atoms with E-state index in [0.717, 1.165) is 0 Å². The van der Waals surface area contributed by atoms with Crippen molar-refractivity contribution < 1.29 is 4.79 Å². The summed E-state index contributed by atoms with van der Waals surface area (Å²) < 4.78 is 0. The predicted molar refractivity (Wildman–Crippen MR) is 57.0 cm³/mol. The number of rotatable bonds is 2. The highest BCUT2D eigenvalue weighted by atomic mass is 35.5. The average molecular weight is 236 g/mol. The number of nitrogens with zero attached hydrogens (tertiary/aromatic N) is 4. The Morgan fingerprint density at radius 2 is 1.88 bits per heavy atom. The van der Waals surface area contributed by atoms with Crippen molar-refractivity contribution in [3.05, 3.63) is 41.7 Å². The fourth-order valence-corrected chi connectivity index (χ4v) is 1.06. The smallest absolute Gasteiger partial charge is 0.278 e. The highest BCUT2D eigenvalue weighted by molar-refractivity contribution is 6.29. The number of hydrogen-bond donors (Lipinski definition) is 1. The zero-order chi connectivity index (χ0) is 11.4. The number of hydrogen-bond acceptors (Lipinski definition) is 5. The molecule has 0 saturated carbocycles. The van der Waals surface area contributed by atoms with Gasteiger partial charge in [-0.2, -0.15) is 0 Å². The van der Waals surface area contributed by atoms with Crippen molar-refractivity contribution in [3.63, 3.8) is 0 Å². The van der Waals surface area contributed by atoms with Crippen LogP contribution in [0.2, 0.25) is 5.15 Å². The van der Waals surface area contributed by atoms with Gasteiger partial charge in [-0.3, -0.25) is 10.1 Å². The van der Waals surface area contributed by atoms with Crippen LogP contribution in [0.15, 0.2) is 30.9 Å². The molecule has 6 nitrogen and oxygen atoms in total. The van der Waals surface area contributed by atoms with Crippen LogP contribution in [-0.4, -0.2) is 25.8 Å². The van der Waals surface area contributed by atoms with Crippen molar-refractivity contribution in [3.8, 4) is 0 Å². The number of nitrogens with one attached hydrogen (secondary N) is 1. The van der Waals surface area contributed by atoms with Crippen LogP contribution < -0.4 is 5.32 Å². The maximum Gasteiger partial charge on any atom is 0.278 e. The van der Waals surface area contributed by atoms with E-state index in [1.54, 1.807) is 6.07 Å². The quantitative estimate of drug-likeness (QED) is 0.845. The van der Waals surface area contributed by atoms with Crippen molar-refractivity contribution in [1.82, 2.24) is 19.9 Å². The second kappa shape index (κ2) is 4.63. The second-order valence-corrected chi connectivity index (χ2v) is 3.14. The topological polar surface area (TPSA) is 80.7 Å². The monoisotopic (exact) mass is 235 g/mol. The molecular weight excluding hydrogens is 230 g/mol. The molecule has 0 spiro atoms. The summed E-state index contributed by atoms with van der Waals surface area (Å²) in [7, 11) is 0. The van der Waals surface area contributed by atoms with E-state index in [1.807, 2.05) is 0 Å². The third-order valence-electron chi connectivity index (χ3n) is 1.64. The standard InChI is InChI=1S/C9H6ClN5O/c10-7-5-13-6(4-14-7)8(16)15-9-11-2-1-3-12-9/h1-5H,(H,11,12,15,16). The summed E-state index contributed by atoms with van der Waals surface area (Å²) in [6.07, 6.45) is 5.62. The first kappa shape index (κ1) is 10.4. The molecule has 2 heterocycles. The number of amides is 1. The summed E-state index contributed by atoms with van der Waals surface area (Å²) in [5.74, 6) is -0.223. The fourth-order valence-electron chi connectivity index (χ4n) is 0.959. The minimum absolute atomic E-state index is 0.150. The van der Waals surface area contributed by atoms with Gasteiger partial charge in [-0.25, -0.2) is 19.9 Å². The van der Waals surface area contributed by atoms with Crippen molar-refractivity contribution in [2.75, 3.05) is 5.32 Å². The predicted octanol–water partition coefficient (Wildman–Crippen LogP) is 1.17. The maximum atomic E-state index is 11.6. The lowest BCUT2D eigenvalue weighted by Gasteiger charge is -2.01. The van der Waals surface area contributed by atoms with Gasteiger partial charge in [0.15, 0.2) is 0 Å². The molecule has 0 bridgehead atoms. The Morgan fingerprint density at radius 3 is 2.50 bits per heavy atom. The van der Waals surface area contributed by atoms with Crippen LogP contribution in [0.5, 0.6) is 0 Å². The largest absolute Gasteiger partial charge is 0.289 e. The van der Waals surface area contributed by atoms with Crippen LogP contribution in [-0.2, 0) is 0 Å². The number of carbonyl (C=O) groups excluding carboxylic acids is 1. The molecule has 0 aliphatic rings. The zero-order valence-electron chi connectivity index (χ0n) is 7.96. The number of carbonyl (C=O) groups is 1. The molecule has 2 rings (SSSR count). The van der Waals surface area contributed by atoms with Crippen LogP contribution >= 0.6 is 11.6 Å². The van der Waals surface area contributed by atoms with Crippen LogP contribution in [0.1, 0.15) is 10.5 Å². The molecule has 1 N–H and O–H groups in total. The highest BCUT2D eigenvalue weighted by Gasteiger charge is 2.08. The van der Waals surface area contributed by atoms with Crippen molar-refractivity contribution in [2.24, 2.45) is 0 Å². The molecule has 0 unspecified atom stereocenters. The Balaban J connectivity index is 2.12. The molecule has 1 amide bonds. The third kappa shape index (κ3) is 2.48. The van der Waals surface area contributed by atoms with E-state index in [-0.39, 0.29) is 16.8 Å². The highest BCUT2D eigenvalue weighted by Crippen LogP contribution is 2.03. The van der Waals surface area contributed by atoms with E-state index in [2.05, 4.69) is 25.3 Å². The van der Waals surface area contributed by atoms with Crippen LogP contribution in [0, 0.1) is 0 Å². The zero-order valence-corrected chi connectivity index (χ0v) is 8.72. The molecule has 0 radical (unpaired) electrons. The van der Waals surface area contributed by atoms with Crippen molar-refractivity contribution >= 4 is 23.5 Å². The summed E-state index contributed by atoms with van der Waals surface area (Å²) >= 11 is 5.55. The number of aromatic nitrogens is 4. The first-order valence-corrected chi connectivity index (χ1v) is 4.69. The van der Waals surface area contributed by atoms with Gasteiger partial charge in [0.2, 0.25) is 5.95 Å². The minimum atomic E-state index is -0.435. The first-order valence-electron chi connectivity index (χ1n) is 4.31. The van der Waals surface area contributed by atoms with Gasteiger partial charge >= 0.3 is 0 Å². The van der Waals surface area contributed by atoms with Gasteiger partial charge in [-0.15, -0.1) is 0 Å². The Hall–Kier alpha value is -2.08. The average Bonchev–Trinajstić information content (AvgIpc) is 2.31. The number of anilines is 1. The molecule has 0 atom stereocenters. The fraction of sp³-hybridized carbons (Fsp3) is 0. The second-order valence-electron chi connectivity index (χ2n) is 2.75. The van der Waals surface area contributed by atoms with E-state index in [9.17, 15) is 4.79 Å². The van der Waals surface area contributed by atoms with Crippen molar-refractivity contribution in [1.29, 1.82) is 0 Å². The van der Waals surface area contributed by atoms with Gasteiger partial charge in [0.05, 0.1) is 12.4 Å². The van der Waals surface area contributed by atoms with E-state index in [0.29, 0.717) is 0 Å². The maximum absolute atomic E-state index is 11.6. The summed E-state index contributed by atoms with van der Waals surface area (Å²) in [5.41, 5.74) is 0.150. The molecular formula is C9H6ClN5O. The molecule has 16 heavy (non-hydrogen) atoms. The first-order chi connectivity index (χ1) is 7.75. The van der Waals surface area contributed by atoms with E-state index in [1.165, 1.54) is 24.8 Å². The molecule has 2 aromatic rings. The molecule has 7 heteroatoms. The summed E-state index contributed by atoms with van der Waals surface area (Å²) in [6, 6.07) is 1.65. The molecule has 0 aromatic carbocycles. The van der Waals surface area contributed by atoms with Crippen LogP contribution in [0.25, 0.3) is 0 Å². The van der Waals surface area contributed by atoms with Gasteiger partial charge < -0.3 is 0 Å². The van der Waals surface area contributed by atoms with Gasteiger partial charge in [0.1, 0.15) is 10.8 Å². The molecule has 0 aliphatic heterocycles. The van der Waals surface area contributed by atoms with E-state index in [4.69, 9.17) is 11.6 Å². The lowest BCUT2D eigenvalue weighted by Crippen LogP contribution is -2.15. The molecule has 0 fully saturated rings. The van der Waals surface area contributed by atoms with E-state index < -0.39 is 5.91 Å². The molecule has 0 aliphatic carbocycles. The van der Waals surface area contributed by atoms with Gasteiger partial charge in [-0.05, 0) is 6.07 Å². The Bertz CT molecular complexity index is 487. The van der Waals surface area contributed by atoms with E-state index >= 15 is 0 Å². The van der Waals surface area contributed by atoms with Gasteiger partial charge in [0, 0.05) is 12.4 Å². The van der Waals surface area contributed by atoms with Crippen molar-refractivity contribution in [2.45, 2.75) is 0 Å². The summed E-state index contributed by atoms with van der Waals surface area (Å²) in [4.78, 5) is 26.8. The summed E-state index contributed by atoms with van der Waals surface area (Å²) in [5, 5.41) is 2.70. The van der Waals surface area contributed by atoms with Crippen LogP contribution in [0.4, 0.5) is 5.95 Å². The molecule has 2 aromatic heterocycles. The Labute approximate surface area is 95.7 Å². The van der Waals surface area contributed by atoms with Gasteiger partial charge in [0.25, 0.3) is 5.91 Å². The Kier molecular flexibility index (Phi) is 3.02. The van der Waals surface area contributed by atoms with Crippen LogP contribution in [0.3, 0.4) is 0 Å². The number of halogens is 1. The SMILES string of the molecule is O=C(Nc1ncccn1)c1cnc(Cl)cn1. The molecule has 0 saturated heterocycles. The normalized spacial score (nSPS) is 9.81.